The smallest absolute Gasteiger partial charge is 0.131 e. The van der Waals surface area contributed by atoms with Gasteiger partial charge < -0.3 is 19.7 Å². The van der Waals surface area contributed by atoms with Gasteiger partial charge in [-0.15, -0.1) is 0 Å². The number of ether oxygens (including phenoxy) is 2. The highest BCUT2D eigenvalue weighted by Gasteiger charge is 2.50. The van der Waals surface area contributed by atoms with Crippen molar-refractivity contribution in [2.24, 2.45) is 0 Å². The molecule has 128 valence electrons. The van der Waals surface area contributed by atoms with E-state index in [0.717, 1.165) is 35.1 Å². The summed E-state index contributed by atoms with van der Waals surface area (Å²) in [6.07, 6.45) is 3.47. The maximum Gasteiger partial charge on any atom is 0.131 e. The first kappa shape index (κ1) is 15.7. The molecule has 0 spiro atoms. The van der Waals surface area contributed by atoms with Crippen LogP contribution in [-0.4, -0.2) is 36.6 Å². The summed E-state index contributed by atoms with van der Waals surface area (Å²) < 4.78 is 12.0. The number of aliphatic hydroxyl groups excluding tert-OH is 2. The van der Waals surface area contributed by atoms with Gasteiger partial charge in [0.05, 0.1) is 13.2 Å². The molecule has 24 heavy (non-hydrogen) atoms. The first-order chi connectivity index (χ1) is 11.7. The number of hydrogen-bond donors (Lipinski definition) is 2. The van der Waals surface area contributed by atoms with Crippen LogP contribution in [-0.2, 0) is 5.41 Å². The minimum atomic E-state index is 0.00596. The molecule has 2 aromatic carbocycles. The summed E-state index contributed by atoms with van der Waals surface area (Å²) in [7, 11) is 0. The van der Waals surface area contributed by atoms with E-state index in [2.05, 4.69) is 19.1 Å². The molecule has 4 heteroatoms. The van der Waals surface area contributed by atoms with Crippen molar-refractivity contribution in [3.05, 3.63) is 35.4 Å². The van der Waals surface area contributed by atoms with Gasteiger partial charge in [0.1, 0.15) is 24.7 Å². The van der Waals surface area contributed by atoms with Gasteiger partial charge in [-0.1, -0.05) is 31.2 Å². The molecule has 2 atom stereocenters. The van der Waals surface area contributed by atoms with E-state index in [0.29, 0.717) is 19.1 Å². The second-order valence-corrected chi connectivity index (χ2v) is 7.14. The lowest BCUT2D eigenvalue weighted by Crippen LogP contribution is -2.19. The number of benzene rings is 2. The van der Waals surface area contributed by atoms with Crippen LogP contribution >= 0.6 is 0 Å². The van der Waals surface area contributed by atoms with Crippen molar-refractivity contribution in [3.8, 4) is 11.5 Å². The van der Waals surface area contributed by atoms with Crippen molar-refractivity contribution in [2.45, 2.75) is 37.5 Å². The molecule has 2 N–H and O–H groups in total. The Balaban J connectivity index is 2.00. The van der Waals surface area contributed by atoms with Gasteiger partial charge in [-0.3, -0.25) is 0 Å². The van der Waals surface area contributed by atoms with Crippen LogP contribution in [0.2, 0.25) is 0 Å². The van der Waals surface area contributed by atoms with Gasteiger partial charge in [0, 0.05) is 21.9 Å². The standard InChI is InChI=1S/C20H24O4/c1-20-7-6-13(12-20)16-17(20)19(24-11-9-22)15-5-3-2-4-14(15)18(16)23-10-8-21/h2-5,13,21-22H,6-12H2,1H3. The lowest BCUT2D eigenvalue weighted by atomic mass is 9.79. The van der Waals surface area contributed by atoms with Crippen molar-refractivity contribution < 1.29 is 19.7 Å². The summed E-state index contributed by atoms with van der Waals surface area (Å²) in [5.74, 6) is 2.33. The largest absolute Gasteiger partial charge is 0.490 e. The van der Waals surface area contributed by atoms with E-state index < -0.39 is 0 Å². The molecule has 0 saturated heterocycles. The third-order valence-corrected chi connectivity index (χ3v) is 5.59. The molecule has 2 aromatic rings. The van der Waals surface area contributed by atoms with Crippen molar-refractivity contribution >= 4 is 10.8 Å². The van der Waals surface area contributed by atoms with E-state index in [1.807, 2.05) is 12.1 Å². The van der Waals surface area contributed by atoms with Crippen LogP contribution in [0.5, 0.6) is 11.5 Å². The van der Waals surface area contributed by atoms with Crippen molar-refractivity contribution in [1.29, 1.82) is 0 Å². The van der Waals surface area contributed by atoms with E-state index in [1.165, 1.54) is 17.5 Å². The van der Waals surface area contributed by atoms with Crippen molar-refractivity contribution in [3.63, 3.8) is 0 Å². The predicted molar refractivity (Wildman–Crippen MR) is 93.1 cm³/mol. The van der Waals surface area contributed by atoms with E-state index in [9.17, 15) is 10.2 Å². The van der Waals surface area contributed by atoms with Crippen LogP contribution in [0, 0.1) is 0 Å². The van der Waals surface area contributed by atoms with E-state index >= 15 is 0 Å². The fourth-order valence-electron chi connectivity index (χ4n) is 4.70. The third-order valence-electron chi connectivity index (χ3n) is 5.59. The van der Waals surface area contributed by atoms with Crippen molar-refractivity contribution in [1.82, 2.24) is 0 Å². The van der Waals surface area contributed by atoms with Crippen LogP contribution in [0.4, 0.5) is 0 Å². The molecule has 4 rings (SSSR count). The molecule has 2 bridgehead atoms. The molecule has 0 aliphatic heterocycles. The van der Waals surface area contributed by atoms with Gasteiger partial charge in [0.25, 0.3) is 0 Å². The second-order valence-electron chi connectivity index (χ2n) is 7.14. The third kappa shape index (κ3) is 2.20. The van der Waals surface area contributed by atoms with Gasteiger partial charge in [-0.25, -0.2) is 0 Å². The quantitative estimate of drug-likeness (QED) is 0.855. The predicted octanol–water partition coefficient (Wildman–Crippen LogP) is 3.12. The average molecular weight is 328 g/mol. The van der Waals surface area contributed by atoms with E-state index in [-0.39, 0.29) is 18.6 Å². The Morgan fingerprint density at radius 2 is 1.67 bits per heavy atom. The van der Waals surface area contributed by atoms with Gasteiger partial charge in [0.2, 0.25) is 0 Å². The molecule has 2 aliphatic rings. The minimum Gasteiger partial charge on any atom is -0.490 e. The first-order valence-electron chi connectivity index (χ1n) is 8.76. The number of rotatable bonds is 6. The highest BCUT2D eigenvalue weighted by Crippen LogP contribution is 2.63. The molecule has 0 heterocycles. The maximum absolute atomic E-state index is 9.24. The molecule has 0 aromatic heterocycles. The van der Waals surface area contributed by atoms with E-state index in [4.69, 9.17) is 9.47 Å². The molecule has 2 unspecified atom stereocenters. The molecule has 1 fully saturated rings. The molecule has 2 aliphatic carbocycles. The van der Waals surface area contributed by atoms with Crippen LogP contribution < -0.4 is 9.47 Å². The summed E-state index contributed by atoms with van der Waals surface area (Å²) in [6.45, 7) is 2.93. The second kappa shape index (κ2) is 5.94. The first-order valence-corrected chi connectivity index (χ1v) is 8.76. The Morgan fingerprint density at radius 3 is 2.33 bits per heavy atom. The Kier molecular flexibility index (Phi) is 3.89. The normalized spacial score (nSPS) is 24.4. The molecular weight excluding hydrogens is 304 g/mol. The zero-order chi connectivity index (χ0) is 16.7. The molecule has 0 radical (unpaired) electrons. The molecule has 4 nitrogen and oxygen atoms in total. The Morgan fingerprint density at radius 1 is 1.04 bits per heavy atom. The molecule has 1 saturated carbocycles. The SMILES string of the molecule is CC12CCC(C1)c1c2c(OCCO)c2ccccc2c1OCCO. The molecule has 0 amide bonds. The fourth-order valence-corrected chi connectivity index (χ4v) is 4.70. The van der Waals surface area contributed by atoms with Crippen LogP contribution in [0.3, 0.4) is 0 Å². The van der Waals surface area contributed by atoms with Gasteiger partial charge in [0.15, 0.2) is 0 Å². The topological polar surface area (TPSA) is 58.9 Å². The van der Waals surface area contributed by atoms with Gasteiger partial charge in [-0.05, 0) is 30.6 Å². The van der Waals surface area contributed by atoms with Gasteiger partial charge >= 0.3 is 0 Å². The highest BCUT2D eigenvalue weighted by molar-refractivity contribution is 5.97. The summed E-state index contributed by atoms with van der Waals surface area (Å²) in [5, 5.41) is 20.5. The Hall–Kier alpha value is -1.78. The van der Waals surface area contributed by atoms with Crippen molar-refractivity contribution in [2.75, 3.05) is 26.4 Å². The van der Waals surface area contributed by atoms with Crippen LogP contribution in [0.25, 0.3) is 10.8 Å². The lowest BCUT2D eigenvalue weighted by molar-refractivity contribution is 0.197. The Labute approximate surface area is 142 Å². The molecular formula is C20H24O4. The summed E-state index contributed by atoms with van der Waals surface area (Å²) >= 11 is 0. The van der Waals surface area contributed by atoms with Gasteiger partial charge in [-0.2, -0.15) is 0 Å². The Bertz CT molecular complexity index is 770. The summed E-state index contributed by atoms with van der Waals surface area (Å²) in [6, 6.07) is 8.13. The monoisotopic (exact) mass is 328 g/mol. The maximum atomic E-state index is 9.24. The zero-order valence-electron chi connectivity index (χ0n) is 14.0. The zero-order valence-corrected chi connectivity index (χ0v) is 14.0. The highest BCUT2D eigenvalue weighted by atomic mass is 16.5. The lowest BCUT2D eigenvalue weighted by Gasteiger charge is -2.30. The summed E-state index contributed by atoms with van der Waals surface area (Å²) in [4.78, 5) is 0. The minimum absolute atomic E-state index is 0.00596. The fraction of sp³-hybridized carbons (Fsp3) is 0.500. The number of hydrogen-bond acceptors (Lipinski definition) is 4. The van der Waals surface area contributed by atoms with E-state index in [1.54, 1.807) is 0 Å². The van der Waals surface area contributed by atoms with Crippen LogP contribution in [0.15, 0.2) is 24.3 Å². The summed E-state index contributed by atoms with van der Waals surface area (Å²) in [5.41, 5.74) is 2.65. The van der Waals surface area contributed by atoms with Crippen LogP contribution in [0.1, 0.15) is 43.2 Å². The average Bonchev–Trinajstić information content (AvgIpc) is 3.12. The number of aliphatic hydroxyl groups is 2. The number of fused-ring (bicyclic) bond motifs is 6.